The highest BCUT2D eigenvalue weighted by atomic mass is 16.6. The van der Waals surface area contributed by atoms with E-state index in [1.807, 2.05) is 49.4 Å². The van der Waals surface area contributed by atoms with Crippen molar-refractivity contribution in [1.29, 1.82) is 0 Å². The Hall–Kier alpha value is -4.28. The van der Waals surface area contributed by atoms with Crippen LogP contribution in [0.4, 0.5) is 4.79 Å². The fraction of sp³-hybridized carbons (Fsp3) is 0.375. The molecular formula is C32H36N2O8. The van der Waals surface area contributed by atoms with Crippen LogP contribution < -0.4 is 10.1 Å². The largest absolute Gasteiger partial charge is 0.497 e. The first-order valence-electron chi connectivity index (χ1n) is 13.8. The van der Waals surface area contributed by atoms with Crippen molar-refractivity contribution in [2.45, 2.75) is 32.1 Å². The van der Waals surface area contributed by atoms with Crippen molar-refractivity contribution in [3.05, 3.63) is 88.6 Å². The van der Waals surface area contributed by atoms with Crippen molar-refractivity contribution in [2.24, 2.45) is 0 Å². The normalized spacial score (nSPS) is 21.0. The number of hydrogen-bond acceptors (Lipinski definition) is 8. The van der Waals surface area contributed by atoms with Crippen LogP contribution in [0, 0.1) is 0 Å². The van der Waals surface area contributed by atoms with E-state index in [0.29, 0.717) is 50.1 Å². The Bertz CT molecular complexity index is 1430. The van der Waals surface area contributed by atoms with Crippen molar-refractivity contribution in [1.82, 2.24) is 10.2 Å². The number of methoxy groups -OCH3 is 3. The van der Waals surface area contributed by atoms with Crippen LogP contribution in [0.3, 0.4) is 0 Å². The van der Waals surface area contributed by atoms with Crippen molar-refractivity contribution in [3.8, 4) is 5.75 Å². The van der Waals surface area contributed by atoms with Crippen molar-refractivity contribution in [3.63, 3.8) is 0 Å². The summed E-state index contributed by atoms with van der Waals surface area (Å²) < 4.78 is 33.4. The molecule has 2 aromatic rings. The molecule has 222 valence electrons. The average Bonchev–Trinajstić information content (AvgIpc) is 3.63. The number of carbonyl (C=O) groups excluding carboxylic acids is 2. The third kappa shape index (κ3) is 6.29. The van der Waals surface area contributed by atoms with E-state index in [4.69, 9.17) is 28.1 Å². The Kier molecular flexibility index (Phi) is 9.14. The summed E-state index contributed by atoms with van der Waals surface area (Å²) in [4.78, 5) is 27.4. The molecule has 1 aromatic carbocycles. The van der Waals surface area contributed by atoms with Gasteiger partial charge in [-0.25, -0.2) is 4.79 Å². The first-order valence-corrected chi connectivity index (χ1v) is 13.8. The highest BCUT2D eigenvalue weighted by Crippen LogP contribution is 2.45. The van der Waals surface area contributed by atoms with E-state index in [-0.39, 0.29) is 12.3 Å². The summed E-state index contributed by atoms with van der Waals surface area (Å²) in [5.74, 6) is 1.76. The van der Waals surface area contributed by atoms with Gasteiger partial charge in [-0.05, 0) is 82.8 Å². The van der Waals surface area contributed by atoms with Crippen LogP contribution in [0.2, 0.25) is 0 Å². The number of carbonyl (C=O) groups is 2. The zero-order valence-electron chi connectivity index (χ0n) is 24.3. The fourth-order valence-electron chi connectivity index (χ4n) is 5.35. The van der Waals surface area contributed by atoms with Gasteiger partial charge in [0, 0.05) is 20.2 Å². The van der Waals surface area contributed by atoms with E-state index in [1.54, 1.807) is 38.6 Å². The number of nitrogens with one attached hydrogen (secondary N) is 1. The third-order valence-corrected chi connectivity index (χ3v) is 7.64. The molecule has 2 aliphatic carbocycles. The van der Waals surface area contributed by atoms with Gasteiger partial charge in [-0.3, -0.25) is 4.79 Å². The second kappa shape index (κ2) is 13.1. The first kappa shape index (κ1) is 29.2. The minimum Gasteiger partial charge on any atom is -0.497 e. The van der Waals surface area contributed by atoms with Gasteiger partial charge in [0.25, 0.3) is 0 Å². The summed E-state index contributed by atoms with van der Waals surface area (Å²) in [6.07, 6.45) is 5.86. The highest BCUT2D eigenvalue weighted by Gasteiger charge is 2.34. The zero-order valence-corrected chi connectivity index (χ0v) is 24.3. The monoisotopic (exact) mass is 576 g/mol. The van der Waals surface area contributed by atoms with Gasteiger partial charge < -0.3 is 38.3 Å². The van der Waals surface area contributed by atoms with E-state index >= 15 is 0 Å². The molecule has 5 rings (SSSR count). The van der Waals surface area contributed by atoms with Gasteiger partial charge in [0.15, 0.2) is 6.10 Å². The lowest BCUT2D eigenvalue weighted by atomic mass is 9.95. The van der Waals surface area contributed by atoms with Crippen molar-refractivity contribution < 1.29 is 37.7 Å². The van der Waals surface area contributed by atoms with E-state index in [9.17, 15) is 9.59 Å². The topological polar surface area (TPSA) is 109 Å². The second-order valence-corrected chi connectivity index (χ2v) is 10.1. The molecule has 0 bridgehead atoms. The Morgan fingerprint density at radius 2 is 1.90 bits per heavy atom. The van der Waals surface area contributed by atoms with Gasteiger partial charge in [0.2, 0.25) is 5.91 Å². The molecule has 1 saturated heterocycles. The van der Waals surface area contributed by atoms with E-state index < -0.39 is 18.3 Å². The Balaban J connectivity index is 1.41. The quantitative estimate of drug-likeness (QED) is 0.465. The van der Waals surface area contributed by atoms with Crippen LogP contribution >= 0.6 is 0 Å². The molecule has 10 heteroatoms. The lowest BCUT2D eigenvalue weighted by Crippen LogP contribution is -2.45. The molecule has 1 N–H and O–H groups in total. The minimum absolute atomic E-state index is 0.112. The molecule has 1 aliphatic heterocycles. The molecule has 0 saturated carbocycles. The number of furan rings is 1. The number of fused-ring (bicyclic) bond motifs is 1. The minimum atomic E-state index is -0.734. The molecule has 2 unspecified atom stereocenters. The molecule has 1 aromatic heterocycles. The molecular weight excluding hydrogens is 540 g/mol. The lowest BCUT2D eigenvalue weighted by molar-refractivity contribution is -0.120. The zero-order chi connectivity index (χ0) is 29.6. The predicted octanol–water partition coefficient (Wildman–Crippen LogP) is 4.49. The van der Waals surface area contributed by atoms with Gasteiger partial charge >= 0.3 is 6.09 Å². The first-order chi connectivity index (χ1) is 20.4. The highest BCUT2D eigenvalue weighted by molar-refractivity contribution is 6.05. The standard InChI is InChI=1S/C32H36N2O8/c1-20-25(14-21-15-28(38-3)31(29(16-21)39-4)42-32(36)34-9-12-40-13-10-34)24-8-7-22(37-2)17-27(24)26(20)18-30(35)33-19-23-6-5-11-41-23/h5-8,11,14-17,28,31H,9-10,12-13,18-19H2,1-4H3,(H,33,35)/b25-14-. The van der Waals surface area contributed by atoms with Gasteiger partial charge in [-0.2, -0.15) is 0 Å². The van der Waals surface area contributed by atoms with Crippen molar-refractivity contribution >= 4 is 23.1 Å². The van der Waals surface area contributed by atoms with Gasteiger partial charge in [-0.1, -0.05) is 6.07 Å². The molecule has 2 heterocycles. The molecule has 0 spiro atoms. The van der Waals surface area contributed by atoms with E-state index in [1.165, 1.54) is 0 Å². The number of amides is 2. The summed E-state index contributed by atoms with van der Waals surface area (Å²) in [6, 6.07) is 9.48. The Labute approximate surface area is 245 Å². The maximum absolute atomic E-state index is 13.0. The van der Waals surface area contributed by atoms with E-state index in [2.05, 4.69) is 5.32 Å². The van der Waals surface area contributed by atoms with Gasteiger partial charge in [0.1, 0.15) is 23.4 Å². The van der Waals surface area contributed by atoms with Crippen LogP contribution in [0.1, 0.15) is 30.2 Å². The Morgan fingerprint density at radius 3 is 2.60 bits per heavy atom. The summed E-state index contributed by atoms with van der Waals surface area (Å²) in [5, 5.41) is 2.94. The number of benzene rings is 1. The summed E-state index contributed by atoms with van der Waals surface area (Å²) in [5.41, 5.74) is 5.63. The molecule has 0 radical (unpaired) electrons. The Morgan fingerprint density at radius 1 is 1.10 bits per heavy atom. The maximum atomic E-state index is 13.0. The summed E-state index contributed by atoms with van der Waals surface area (Å²) in [6.45, 7) is 4.23. The summed E-state index contributed by atoms with van der Waals surface area (Å²) in [7, 11) is 4.74. The SMILES string of the molecule is COC1=CC(/C=C2/C(C)=C(CC(=O)NCc3ccco3)c3cc(OC)ccc32)=CC(OC)C1OC(=O)N1CCOCC1. The van der Waals surface area contributed by atoms with E-state index in [0.717, 1.165) is 33.4 Å². The number of hydrogen-bond donors (Lipinski definition) is 1. The molecule has 42 heavy (non-hydrogen) atoms. The molecule has 3 aliphatic rings. The predicted molar refractivity (Wildman–Crippen MR) is 155 cm³/mol. The van der Waals surface area contributed by atoms with Crippen LogP contribution in [-0.4, -0.2) is 76.7 Å². The summed E-state index contributed by atoms with van der Waals surface area (Å²) >= 11 is 0. The van der Waals surface area contributed by atoms with Crippen LogP contribution in [0.15, 0.2) is 76.1 Å². The van der Waals surface area contributed by atoms with Gasteiger partial charge in [0.05, 0.1) is 46.7 Å². The average molecular weight is 577 g/mol. The molecule has 2 atom stereocenters. The lowest BCUT2D eigenvalue weighted by Gasteiger charge is -2.32. The third-order valence-electron chi connectivity index (χ3n) is 7.64. The molecule has 2 amide bonds. The molecule has 10 nitrogen and oxygen atoms in total. The van der Waals surface area contributed by atoms with Crippen LogP contribution in [-0.2, 0) is 30.3 Å². The number of allylic oxidation sites excluding steroid dienone is 5. The maximum Gasteiger partial charge on any atom is 0.410 e. The number of rotatable bonds is 9. The van der Waals surface area contributed by atoms with Gasteiger partial charge in [-0.15, -0.1) is 0 Å². The fourth-order valence-corrected chi connectivity index (χ4v) is 5.35. The number of ether oxygens (including phenoxy) is 5. The number of morpholine rings is 1. The second-order valence-electron chi connectivity index (χ2n) is 10.1. The molecule has 1 fully saturated rings. The number of nitrogens with zero attached hydrogens (tertiary/aromatic N) is 1. The van der Waals surface area contributed by atoms with Crippen LogP contribution in [0.25, 0.3) is 11.1 Å². The van der Waals surface area contributed by atoms with Crippen LogP contribution in [0.5, 0.6) is 5.75 Å². The van der Waals surface area contributed by atoms with Crippen molar-refractivity contribution in [2.75, 3.05) is 47.6 Å². The smallest absolute Gasteiger partial charge is 0.410 e.